The normalized spacial score (nSPS) is 13.9. The maximum absolute atomic E-state index is 8.86. The molecular formula is C16H24N2. The van der Waals surface area contributed by atoms with Crippen LogP contribution in [0.3, 0.4) is 0 Å². The molecule has 98 valence electrons. The summed E-state index contributed by atoms with van der Waals surface area (Å²) in [5.74, 6) is 0.763. The van der Waals surface area contributed by atoms with E-state index in [1.165, 1.54) is 17.5 Å². The molecule has 1 rings (SSSR count). The highest BCUT2D eigenvalue weighted by atomic mass is 14.9. The van der Waals surface area contributed by atoms with Crippen LogP contribution in [-0.4, -0.2) is 6.54 Å². The average molecular weight is 244 g/mol. The van der Waals surface area contributed by atoms with Crippen molar-refractivity contribution in [1.29, 1.82) is 5.26 Å². The van der Waals surface area contributed by atoms with Crippen LogP contribution in [0.1, 0.15) is 50.7 Å². The van der Waals surface area contributed by atoms with Crippen LogP contribution in [-0.2, 0) is 6.54 Å². The molecule has 18 heavy (non-hydrogen) atoms. The Morgan fingerprint density at radius 3 is 2.33 bits per heavy atom. The predicted molar refractivity (Wildman–Crippen MR) is 76.2 cm³/mol. The lowest BCUT2D eigenvalue weighted by atomic mass is 9.97. The smallest absolute Gasteiger partial charge is 0.0669 e. The minimum absolute atomic E-state index is 0.129. The fourth-order valence-corrected chi connectivity index (χ4v) is 1.87. The highest BCUT2D eigenvalue weighted by Crippen LogP contribution is 2.18. The average Bonchev–Trinajstić information content (AvgIpc) is 2.43. The molecule has 1 aromatic rings. The number of nitrogens with one attached hydrogen (secondary N) is 1. The molecule has 0 aliphatic carbocycles. The summed E-state index contributed by atoms with van der Waals surface area (Å²) in [6, 6.07) is 11.1. The lowest BCUT2D eigenvalue weighted by Crippen LogP contribution is -2.21. The van der Waals surface area contributed by atoms with Gasteiger partial charge in [-0.2, -0.15) is 5.26 Å². The summed E-state index contributed by atoms with van der Waals surface area (Å²) < 4.78 is 0. The SMILES string of the molecule is CCC(C#N)CNCc1ccc(C(C)CC)cc1. The maximum atomic E-state index is 8.86. The molecule has 0 heterocycles. The first-order valence-electron chi connectivity index (χ1n) is 6.90. The van der Waals surface area contributed by atoms with Crippen LogP contribution >= 0.6 is 0 Å². The first-order valence-corrected chi connectivity index (χ1v) is 6.90. The van der Waals surface area contributed by atoms with Gasteiger partial charge < -0.3 is 5.32 Å². The van der Waals surface area contributed by atoms with Crippen molar-refractivity contribution in [1.82, 2.24) is 5.32 Å². The topological polar surface area (TPSA) is 35.8 Å². The van der Waals surface area contributed by atoms with Crippen molar-refractivity contribution in [3.05, 3.63) is 35.4 Å². The lowest BCUT2D eigenvalue weighted by Gasteiger charge is -2.11. The van der Waals surface area contributed by atoms with Crippen LogP contribution in [0.4, 0.5) is 0 Å². The third-order valence-electron chi connectivity index (χ3n) is 3.56. The summed E-state index contributed by atoms with van der Waals surface area (Å²) in [4.78, 5) is 0. The van der Waals surface area contributed by atoms with E-state index in [0.717, 1.165) is 19.5 Å². The molecule has 0 bridgehead atoms. The predicted octanol–water partition coefficient (Wildman–Crippen LogP) is 3.84. The largest absolute Gasteiger partial charge is 0.311 e. The van der Waals surface area contributed by atoms with Crippen molar-refractivity contribution in [2.75, 3.05) is 6.54 Å². The molecule has 2 atom stereocenters. The number of nitrogens with zero attached hydrogens (tertiary/aromatic N) is 1. The number of hydrogen-bond donors (Lipinski definition) is 1. The van der Waals surface area contributed by atoms with Gasteiger partial charge in [-0.3, -0.25) is 0 Å². The summed E-state index contributed by atoms with van der Waals surface area (Å²) >= 11 is 0. The van der Waals surface area contributed by atoms with Gasteiger partial charge in [-0.15, -0.1) is 0 Å². The Morgan fingerprint density at radius 2 is 1.83 bits per heavy atom. The summed E-state index contributed by atoms with van der Waals surface area (Å²) in [7, 11) is 0. The summed E-state index contributed by atoms with van der Waals surface area (Å²) in [6.45, 7) is 8.15. The molecule has 2 unspecified atom stereocenters. The van der Waals surface area contributed by atoms with Gasteiger partial charge in [-0.05, 0) is 29.9 Å². The fraction of sp³-hybridized carbons (Fsp3) is 0.562. The third kappa shape index (κ3) is 4.50. The second-order valence-electron chi connectivity index (χ2n) is 4.92. The Kier molecular flexibility index (Phi) is 6.46. The molecule has 1 N–H and O–H groups in total. The molecular weight excluding hydrogens is 220 g/mol. The zero-order valence-electron chi connectivity index (χ0n) is 11.7. The Morgan fingerprint density at radius 1 is 1.17 bits per heavy atom. The maximum Gasteiger partial charge on any atom is 0.0669 e. The Labute approximate surface area is 111 Å². The van der Waals surface area contributed by atoms with E-state index >= 15 is 0 Å². The molecule has 0 aliphatic rings. The first-order chi connectivity index (χ1) is 8.71. The van der Waals surface area contributed by atoms with Gasteiger partial charge in [-0.25, -0.2) is 0 Å². The quantitative estimate of drug-likeness (QED) is 0.791. The van der Waals surface area contributed by atoms with Crippen LogP contribution in [0.5, 0.6) is 0 Å². The van der Waals surface area contributed by atoms with Crippen LogP contribution in [0.25, 0.3) is 0 Å². The summed E-state index contributed by atoms with van der Waals surface area (Å²) in [5.41, 5.74) is 2.69. The van der Waals surface area contributed by atoms with Gasteiger partial charge in [0.1, 0.15) is 0 Å². The number of hydrogen-bond acceptors (Lipinski definition) is 2. The van der Waals surface area contributed by atoms with E-state index in [-0.39, 0.29) is 5.92 Å². The molecule has 0 radical (unpaired) electrons. The number of nitriles is 1. The van der Waals surface area contributed by atoms with Gasteiger partial charge in [0.05, 0.1) is 12.0 Å². The minimum atomic E-state index is 0.129. The zero-order valence-corrected chi connectivity index (χ0v) is 11.7. The van der Waals surface area contributed by atoms with Crippen LogP contribution in [0.2, 0.25) is 0 Å². The van der Waals surface area contributed by atoms with E-state index in [1.54, 1.807) is 0 Å². The van der Waals surface area contributed by atoms with Crippen molar-refractivity contribution in [3.8, 4) is 6.07 Å². The molecule has 0 saturated heterocycles. The Bertz CT molecular complexity index is 375. The van der Waals surface area contributed by atoms with E-state index in [9.17, 15) is 0 Å². The number of rotatable bonds is 7. The van der Waals surface area contributed by atoms with Crippen molar-refractivity contribution in [2.45, 2.75) is 46.1 Å². The molecule has 0 aromatic heterocycles. The van der Waals surface area contributed by atoms with Gasteiger partial charge in [0.25, 0.3) is 0 Å². The third-order valence-corrected chi connectivity index (χ3v) is 3.56. The summed E-state index contributed by atoms with van der Waals surface area (Å²) in [5, 5.41) is 12.2. The van der Waals surface area contributed by atoms with E-state index in [0.29, 0.717) is 5.92 Å². The molecule has 2 heteroatoms. The fourth-order valence-electron chi connectivity index (χ4n) is 1.87. The molecule has 1 aromatic carbocycles. The van der Waals surface area contributed by atoms with Gasteiger partial charge in [0.15, 0.2) is 0 Å². The standard InChI is InChI=1S/C16H24N2/c1-4-13(3)16-8-6-15(7-9-16)12-18-11-14(5-2)10-17/h6-9,13-14,18H,4-5,11-12H2,1-3H3. The van der Waals surface area contributed by atoms with Crippen molar-refractivity contribution in [3.63, 3.8) is 0 Å². The number of benzene rings is 1. The molecule has 0 fully saturated rings. The van der Waals surface area contributed by atoms with E-state index in [2.05, 4.69) is 56.4 Å². The molecule has 0 saturated carbocycles. The van der Waals surface area contributed by atoms with E-state index in [1.807, 2.05) is 0 Å². The second kappa shape index (κ2) is 7.89. The Hall–Kier alpha value is -1.33. The van der Waals surface area contributed by atoms with Crippen molar-refractivity contribution >= 4 is 0 Å². The molecule has 0 amide bonds. The van der Waals surface area contributed by atoms with E-state index in [4.69, 9.17) is 5.26 Å². The lowest BCUT2D eigenvalue weighted by molar-refractivity contribution is 0.553. The van der Waals surface area contributed by atoms with Crippen LogP contribution in [0.15, 0.2) is 24.3 Å². The highest BCUT2D eigenvalue weighted by molar-refractivity contribution is 5.24. The van der Waals surface area contributed by atoms with Crippen LogP contribution in [0, 0.1) is 17.2 Å². The molecule has 0 spiro atoms. The Balaban J connectivity index is 2.42. The van der Waals surface area contributed by atoms with Gasteiger partial charge in [-0.1, -0.05) is 45.0 Å². The van der Waals surface area contributed by atoms with Gasteiger partial charge in [0.2, 0.25) is 0 Å². The second-order valence-corrected chi connectivity index (χ2v) is 4.92. The minimum Gasteiger partial charge on any atom is -0.311 e. The first kappa shape index (κ1) is 14.7. The summed E-state index contributed by atoms with van der Waals surface area (Å²) in [6.07, 6.45) is 2.09. The zero-order chi connectivity index (χ0) is 13.4. The van der Waals surface area contributed by atoms with Gasteiger partial charge >= 0.3 is 0 Å². The van der Waals surface area contributed by atoms with Crippen LogP contribution < -0.4 is 5.32 Å². The van der Waals surface area contributed by atoms with Crippen molar-refractivity contribution in [2.24, 2.45) is 5.92 Å². The molecule has 0 aliphatic heterocycles. The van der Waals surface area contributed by atoms with Crippen molar-refractivity contribution < 1.29 is 0 Å². The monoisotopic (exact) mass is 244 g/mol. The molecule has 2 nitrogen and oxygen atoms in total. The van der Waals surface area contributed by atoms with Gasteiger partial charge in [0, 0.05) is 13.1 Å². The highest BCUT2D eigenvalue weighted by Gasteiger charge is 2.04. The van der Waals surface area contributed by atoms with E-state index < -0.39 is 0 Å².